The fourth-order valence-electron chi connectivity index (χ4n) is 2.90. The Morgan fingerprint density at radius 3 is 2.85 bits per heavy atom. The van der Waals surface area contributed by atoms with E-state index in [0.717, 1.165) is 31.4 Å². The summed E-state index contributed by atoms with van der Waals surface area (Å²) in [6.45, 7) is 2.34. The van der Waals surface area contributed by atoms with Gasteiger partial charge in [0.05, 0.1) is 19.8 Å². The topological polar surface area (TPSA) is 62.9 Å². The minimum absolute atomic E-state index is 0.163. The van der Waals surface area contributed by atoms with Gasteiger partial charge in [0.2, 0.25) is 0 Å². The summed E-state index contributed by atoms with van der Waals surface area (Å²) < 4.78 is 10.3. The predicted molar refractivity (Wildman–Crippen MR) is 74.5 cm³/mol. The molecule has 1 aliphatic carbocycles. The SMILES string of the molecule is COC(=O)c1cc(CN(C)C2CCCCC2O)oc1C. The molecule has 0 radical (unpaired) electrons. The van der Waals surface area contributed by atoms with Crippen molar-refractivity contribution in [2.45, 2.75) is 51.3 Å². The van der Waals surface area contributed by atoms with E-state index in [1.807, 2.05) is 7.05 Å². The molecule has 1 aromatic rings. The fourth-order valence-corrected chi connectivity index (χ4v) is 2.90. The molecule has 1 aliphatic rings. The van der Waals surface area contributed by atoms with Gasteiger partial charge in [-0.05, 0) is 32.9 Å². The second-order valence-corrected chi connectivity index (χ2v) is 5.51. The minimum Gasteiger partial charge on any atom is -0.465 e. The highest BCUT2D eigenvalue weighted by molar-refractivity contribution is 5.90. The largest absolute Gasteiger partial charge is 0.465 e. The fraction of sp³-hybridized carbons (Fsp3) is 0.667. The number of rotatable bonds is 4. The molecule has 2 unspecified atom stereocenters. The molecule has 0 saturated heterocycles. The van der Waals surface area contributed by atoms with E-state index in [0.29, 0.717) is 17.9 Å². The van der Waals surface area contributed by atoms with Crippen LogP contribution in [0.25, 0.3) is 0 Å². The first kappa shape index (κ1) is 15.1. The van der Waals surface area contributed by atoms with Crippen molar-refractivity contribution in [1.82, 2.24) is 4.90 Å². The predicted octanol–water partition coefficient (Wildman–Crippen LogP) is 2.11. The molecule has 0 bridgehead atoms. The van der Waals surface area contributed by atoms with Gasteiger partial charge in [-0.2, -0.15) is 0 Å². The third-order valence-corrected chi connectivity index (χ3v) is 4.04. The first-order valence-corrected chi connectivity index (χ1v) is 7.09. The molecule has 1 heterocycles. The van der Waals surface area contributed by atoms with Crippen molar-refractivity contribution in [3.63, 3.8) is 0 Å². The van der Waals surface area contributed by atoms with E-state index in [9.17, 15) is 9.90 Å². The van der Waals surface area contributed by atoms with Crippen LogP contribution in [0.3, 0.4) is 0 Å². The van der Waals surface area contributed by atoms with Gasteiger partial charge in [-0.25, -0.2) is 4.79 Å². The van der Waals surface area contributed by atoms with Crippen molar-refractivity contribution in [3.05, 3.63) is 23.2 Å². The number of hydrogen-bond acceptors (Lipinski definition) is 5. The highest BCUT2D eigenvalue weighted by Gasteiger charge is 2.27. The van der Waals surface area contributed by atoms with Gasteiger partial charge in [-0.15, -0.1) is 0 Å². The Labute approximate surface area is 119 Å². The number of carbonyl (C=O) groups excluding carboxylic acids is 1. The van der Waals surface area contributed by atoms with E-state index < -0.39 is 0 Å². The molecule has 1 N–H and O–H groups in total. The van der Waals surface area contributed by atoms with Crippen LogP contribution in [0.2, 0.25) is 0 Å². The number of furan rings is 1. The summed E-state index contributed by atoms with van der Waals surface area (Å²) >= 11 is 0. The number of aryl methyl sites for hydroxylation is 1. The third-order valence-electron chi connectivity index (χ3n) is 4.04. The van der Waals surface area contributed by atoms with Crippen LogP contribution in [0.5, 0.6) is 0 Å². The van der Waals surface area contributed by atoms with Crippen molar-refractivity contribution in [3.8, 4) is 0 Å². The van der Waals surface area contributed by atoms with Crippen molar-refractivity contribution in [2.75, 3.05) is 14.2 Å². The third kappa shape index (κ3) is 3.22. The monoisotopic (exact) mass is 281 g/mol. The Morgan fingerprint density at radius 1 is 1.50 bits per heavy atom. The van der Waals surface area contributed by atoms with Crippen molar-refractivity contribution in [2.24, 2.45) is 0 Å². The summed E-state index contributed by atoms with van der Waals surface area (Å²) in [5, 5.41) is 10.1. The molecule has 2 atom stereocenters. The maximum Gasteiger partial charge on any atom is 0.341 e. The molecule has 0 aliphatic heterocycles. The second-order valence-electron chi connectivity index (χ2n) is 5.51. The lowest BCUT2D eigenvalue weighted by Gasteiger charge is -2.34. The number of likely N-dealkylation sites (N-methyl/N-ethyl adjacent to an activating group) is 1. The van der Waals surface area contributed by atoms with Crippen molar-refractivity contribution < 1.29 is 19.1 Å². The van der Waals surface area contributed by atoms with Crippen LogP contribution >= 0.6 is 0 Å². The molecule has 112 valence electrons. The zero-order chi connectivity index (χ0) is 14.7. The summed E-state index contributed by atoms with van der Waals surface area (Å²) in [6.07, 6.45) is 3.83. The van der Waals surface area contributed by atoms with Gasteiger partial charge in [0.15, 0.2) is 0 Å². The number of carbonyl (C=O) groups is 1. The molecule has 0 amide bonds. The first-order chi connectivity index (χ1) is 9.52. The van der Waals surface area contributed by atoms with Gasteiger partial charge >= 0.3 is 5.97 Å². The zero-order valence-corrected chi connectivity index (χ0v) is 12.4. The van der Waals surface area contributed by atoms with Crippen LogP contribution in [0.4, 0.5) is 0 Å². The molecule has 1 aromatic heterocycles. The molecule has 1 saturated carbocycles. The van der Waals surface area contributed by atoms with Crippen LogP contribution in [0.15, 0.2) is 10.5 Å². The number of aliphatic hydroxyl groups excluding tert-OH is 1. The van der Waals surface area contributed by atoms with Gasteiger partial charge in [0, 0.05) is 6.04 Å². The average Bonchev–Trinajstić information content (AvgIpc) is 2.79. The highest BCUT2D eigenvalue weighted by atomic mass is 16.5. The number of methoxy groups -OCH3 is 1. The maximum atomic E-state index is 11.6. The summed E-state index contributed by atoms with van der Waals surface area (Å²) in [5.74, 6) is 0.922. The molecule has 2 rings (SSSR count). The summed E-state index contributed by atoms with van der Waals surface area (Å²) in [6, 6.07) is 1.89. The van der Waals surface area contributed by atoms with E-state index in [-0.39, 0.29) is 18.1 Å². The molecule has 5 nitrogen and oxygen atoms in total. The Bertz CT molecular complexity index is 468. The van der Waals surface area contributed by atoms with E-state index in [1.165, 1.54) is 7.11 Å². The molecule has 0 aromatic carbocycles. The molecular weight excluding hydrogens is 258 g/mol. The average molecular weight is 281 g/mol. The lowest BCUT2D eigenvalue weighted by molar-refractivity contribution is 0.0262. The second kappa shape index (κ2) is 6.41. The molecule has 20 heavy (non-hydrogen) atoms. The van der Waals surface area contributed by atoms with Gasteiger partial charge in [-0.1, -0.05) is 12.8 Å². The number of hydrogen-bond donors (Lipinski definition) is 1. The van der Waals surface area contributed by atoms with Crippen LogP contribution in [-0.4, -0.2) is 42.3 Å². The minimum atomic E-state index is -0.377. The number of ether oxygens (including phenoxy) is 1. The maximum absolute atomic E-state index is 11.6. The quantitative estimate of drug-likeness (QED) is 0.856. The van der Waals surface area contributed by atoms with Crippen molar-refractivity contribution >= 4 is 5.97 Å². The molecule has 5 heteroatoms. The van der Waals surface area contributed by atoms with Gasteiger partial charge in [-0.3, -0.25) is 4.90 Å². The van der Waals surface area contributed by atoms with E-state index >= 15 is 0 Å². The highest BCUT2D eigenvalue weighted by Crippen LogP contribution is 2.24. The van der Waals surface area contributed by atoms with Gasteiger partial charge < -0.3 is 14.3 Å². The summed E-state index contributed by atoms with van der Waals surface area (Å²) in [5.41, 5.74) is 0.472. The molecule has 0 spiro atoms. The number of esters is 1. The van der Waals surface area contributed by atoms with Gasteiger partial charge in [0.25, 0.3) is 0 Å². The van der Waals surface area contributed by atoms with E-state index in [1.54, 1.807) is 13.0 Å². The van der Waals surface area contributed by atoms with Crippen LogP contribution in [0, 0.1) is 6.92 Å². The van der Waals surface area contributed by atoms with E-state index in [2.05, 4.69) is 4.90 Å². The van der Waals surface area contributed by atoms with Gasteiger partial charge in [0.1, 0.15) is 17.1 Å². The van der Waals surface area contributed by atoms with Crippen molar-refractivity contribution in [1.29, 1.82) is 0 Å². The summed E-state index contributed by atoms with van der Waals surface area (Å²) in [7, 11) is 3.34. The lowest BCUT2D eigenvalue weighted by atomic mass is 9.91. The normalized spacial score (nSPS) is 23.1. The standard InChI is InChI=1S/C15H23NO4/c1-10-12(15(18)19-3)8-11(20-10)9-16(2)13-6-4-5-7-14(13)17/h8,13-14,17H,4-7,9H2,1-3H3. The Balaban J connectivity index is 2.04. The van der Waals surface area contributed by atoms with Crippen LogP contribution in [-0.2, 0) is 11.3 Å². The molecular formula is C15H23NO4. The van der Waals surface area contributed by atoms with E-state index in [4.69, 9.17) is 9.15 Å². The smallest absolute Gasteiger partial charge is 0.341 e. The van der Waals surface area contributed by atoms with Crippen LogP contribution < -0.4 is 0 Å². The van der Waals surface area contributed by atoms with Crippen LogP contribution in [0.1, 0.15) is 47.6 Å². The zero-order valence-electron chi connectivity index (χ0n) is 12.4. The Hall–Kier alpha value is -1.33. The Morgan fingerprint density at radius 2 is 2.20 bits per heavy atom. The number of aliphatic hydroxyl groups is 1. The first-order valence-electron chi connectivity index (χ1n) is 7.09. The molecule has 1 fully saturated rings. The lowest BCUT2D eigenvalue weighted by Crippen LogP contribution is -2.42. The Kier molecular flexibility index (Phi) is 4.83. The number of nitrogens with zero attached hydrogens (tertiary/aromatic N) is 1. The summed E-state index contributed by atoms with van der Waals surface area (Å²) in [4.78, 5) is 13.7.